The summed E-state index contributed by atoms with van der Waals surface area (Å²) in [6.07, 6.45) is 2.68. The fraction of sp³-hybridized carbons (Fsp3) is 0.367. The zero-order valence-corrected chi connectivity index (χ0v) is 38.0. The number of aryl methyl sites for hydroxylation is 2. The van der Waals surface area contributed by atoms with Gasteiger partial charge >= 0.3 is 17.8 Å². The molecule has 2 aromatic heterocycles. The van der Waals surface area contributed by atoms with Crippen molar-refractivity contribution in [3.63, 3.8) is 0 Å². The van der Waals surface area contributed by atoms with Gasteiger partial charge in [0.25, 0.3) is 5.91 Å². The SMILES string of the molecule is CCCc1sc(C=O)cc1C1=C(c2cc(/C=N/N3C(=O)c4ccccc4C34c3ccc(N(CC)CC)cc3Oc3cc(N(CC)CC)ccc34)sc2CCC)C(F)(F)C(F)(F)C1(F)F. The van der Waals surface area contributed by atoms with E-state index in [2.05, 4.69) is 37.5 Å². The number of allylic oxidation sites excluding steroid dienone is 2. The fourth-order valence-electron chi connectivity index (χ4n) is 9.46. The molecule has 0 N–H and O–H groups in total. The number of carbonyl (C=O) groups is 2. The normalized spacial score (nSPS) is 17.5. The second kappa shape index (κ2) is 16.9. The van der Waals surface area contributed by atoms with Crippen molar-refractivity contribution in [3.05, 3.63) is 126 Å². The van der Waals surface area contributed by atoms with Gasteiger partial charge in [-0.2, -0.15) is 31.4 Å². The highest BCUT2D eigenvalue weighted by Gasteiger charge is 2.80. The number of carbonyl (C=O) groups excluding carboxylic acids is 2. The van der Waals surface area contributed by atoms with Crippen LogP contribution in [0.5, 0.6) is 11.5 Å². The average Bonchev–Trinajstić information content (AvgIpc) is 3.96. The van der Waals surface area contributed by atoms with Gasteiger partial charge in [0, 0.05) is 97.7 Å². The first-order chi connectivity index (χ1) is 30.6. The number of halogens is 6. The maximum absolute atomic E-state index is 16.3. The molecule has 0 saturated heterocycles. The molecule has 64 heavy (non-hydrogen) atoms. The number of hydrogen-bond acceptors (Lipinski definition) is 8. The highest BCUT2D eigenvalue weighted by molar-refractivity contribution is 7.14. The number of aldehydes is 1. The van der Waals surface area contributed by atoms with Gasteiger partial charge in [0.05, 0.1) is 11.1 Å². The number of hydrogen-bond donors (Lipinski definition) is 0. The van der Waals surface area contributed by atoms with Crippen molar-refractivity contribution in [2.24, 2.45) is 5.10 Å². The van der Waals surface area contributed by atoms with Gasteiger partial charge < -0.3 is 14.5 Å². The van der Waals surface area contributed by atoms with E-state index in [4.69, 9.17) is 9.84 Å². The third-order valence-electron chi connectivity index (χ3n) is 12.5. The Balaban J connectivity index is 1.35. The Kier molecular flexibility index (Phi) is 11.9. The second-order valence-electron chi connectivity index (χ2n) is 16.0. The quantitative estimate of drug-likeness (QED) is 0.0595. The maximum Gasteiger partial charge on any atom is 0.380 e. The van der Waals surface area contributed by atoms with Gasteiger partial charge in [0.15, 0.2) is 6.29 Å². The Hall–Kier alpha value is -5.41. The van der Waals surface area contributed by atoms with E-state index in [0.717, 1.165) is 66.3 Å². The summed E-state index contributed by atoms with van der Waals surface area (Å²) in [7, 11) is 0. The molecular formula is C49H48F6N4O3S2. The zero-order valence-electron chi connectivity index (χ0n) is 36.3. The van der Waals surface area contributed by atoms with Crippen LogP contribution in [0.3, 0.4) is 0 Å². The van der Waals surface area contributed by atoms with E-state index in [9.17, 15) is 9.59 Å². The second-order valence-corrected chi connectivity index (χ2v) is 18.3. The number of hydrazone groups is 1. The van der Waals surface area contributed by atoms with Crippen molar-refractivity contribution < 1.29 is 40.7 Å². The van der Waals surface area contributed by atoms with Crippen molar-refractivity contribution in [1.29, 1.82) is 0 Å². The first-order valence-corrected chi connectivity index (χ1v) is 23.3. The maximum atomic E-state index is 16.3. The van der Waals surface area contributed by atoms with Crippen molar-refractivity contribution in [3.8, 4) is 11.5 Å². The van der Waals surface area contributed by atoms with Crippen LogP contribution in [0.15, 0.2) is 77.9 Å². The number of fused-ring (bicyclic) bond motifs is 6. The van der Waals surface area contributed by atoms with Crippen LogP contribution >= 0.6 is 22.7 Å². The molecule has 336 valence electrons. The number of ether oxygens (including phenoxy) is 1. The summed E-state index contributed by atoms with van der Waals surface area (Å²) < 4.78 is 103. The Bertz CT molecular complexity index is 2640. The standard InChI is InChI=1S/C49H48F6N4O3S2/c1-7-15-41-34(43-44(48(52,53)49(54,55)47(43,50)51)35-26-32(28-60)64-42(35)16-8-2)25-31(63-41)27-56-59-45(61)33-17-13-14-18-36(33)46(59)37-21-19-29(57(9-3)10-4)23-39(37)62-40-24-30(20-22-38(40)46)58(11-5)12-6/h13-14,17-28H,7-12,15-16H2,1-6H3/b56-27+. The van der Waals surface area contributed by atoms with Gasteiger partial charge in [-0.05, 0) is 82.0 Å². The Morgan fingerprint density at radius 1 is 0.641 bits per heavy atom. The molecule has 0 unspecified atom stereocenters. The smallest absolute Gasteiger partial charge is 0.380 e. The highest BCUT2D eigenvalue weighted by atomic mass is 32.1. The summed E-state index contributed by atoms with van der Waals surface area (Å²) in [6, 6.07) is 21.0. The molecule has 8 rings (SSSR count). The first-order valence-electron chi connectivity index (χ1n) is 21.7. The lowest BCUT2D eigenvalue weighted by Crippen LogP contribution is -2.49. The molecule has 3 aromatic carbocycles. The minimum absolute atomic E-state index is 0.0402. The number of rotatable bonds is 15. The molecule has 7 nitrogen and oxygen atoms in total. The van der Waals surface area contributed by atoms with Crippen LogP contribution in [0.25, 0.3) is 11.1 Å². The molecule has 1 aliphatic carbocycles. The van der Waals surface area contributed by atoms with Gasteiger partial charge in [-0.1, -0.05) is 57.0 Å². The number of alkyl halides is 6. The molecule has 0 atom stereocenters. The van der Waals surface area contributed by atoms with Crippen molar-refractivity contribution in [2.45, 2.75) is 90.5 Å². The number of nitrogens with zero attached hydrogens (tertiary/aromatic N) is 4. The molecule has 3 aliphatic rings. The van der Waals surface area contributed by atoms with Gasteiger partial charge in [-0.3, -0.25) is 9.59 Å². The number of thiophene rings is 2. The number of benzene rings is 3. The predicted molar refractivity (Wildman–Crippen MR) is 244 cm³/mol. The summed E-state index contributed by atoms with van der Waals surface area (Å²) in [5, 5.41) is 6.22. The molecule has 0 saturated carbocycles. The molecule has 5 aromatic rings. The summed E-state index contributed by atoms with van der Waals surface area (Å²) in [5.74, 6) is -15.8. The lowest BCUT2D eigenvalue weighted by atomic mass is 9.75. The molecule has 15 heteroatoms. The Labute approximate surface area is 376 Å². The molecule has 4 heterocycles. The summed E-state index contributed by atoms with van der Waals surface area (Å²) in [5.41, 5.74) is -1.23. The fourth-order valence-corrected chi connectivity index (χ4v) is 11.7. The largest absolute Gasteiger partial charge is 0.456 e. The van der Waals surface area contributed by atoms with Crippen LogP contribution in [0.2, 0.25) is 0 Å². The van der Waals surface area contributed by atoms with E-state index in [1.54, 1.807) is 26.0 Å². The average molecular weight is 919 g/mol. The molecule has 1 spiro atoms. The molecule has 1 amide bonds. The summed E-state index contributed by atoms with van der Waals surface area (Å²) >= 11 is 1.78. The van der Waals surface area contributed by atoms with Crippen LogP contribution < -0.4 is 14.5 Å². The molecular weight excluding hydrogens is 871 g/mol. The van der Waals surface area contributed by atoms with Crippen molar-refractivity contribution >= 4 is 63.6 Å². The van der Waals surface area contributed by atoms with Gasteiger partial charge in [-0.15, -0.1) is 22.7 Å². The van der Waals surface area contributed by atoms with Crippen molar-refractivity contribution in [1.82, 2.24) is 5.01 Å². The van der Waals surface area contributed by atoms with Gasteiger partial charge in [0.1, 0.15) is 17.0 Å². The van der Waals surface area contributed by atoms with Crippen LogP contribution in [0.4, 0.5) is 37.7 Å². The topological polar surface area (TPSA) is 65.5 Å². The van der Waals surface area contributed by atoms with E-state index in [1.165, 1.54) is 17.3 Å². The number of anilines is 2. The Morgan fingerprint density at radius 2 is 1.12 bits per heavy atom. The summed E-state index contributed by atoms with van der Waals surface area (Å²) in [4.78, 5) is 31.4. The zero-order chi connectivity index (χ0) is 45.9. The minimum atomic E-state index is -5.78. The lowest BCUT2D eigenvalue weighted by molar-refractivity contribution is -0.254. The highest BCUT2D eigenvalue weighted by Crippen LogP contribution is 2.66. The van der Waals surface area contributed by atoms with Crippen molar-refractivity contribution in [2.75, 3.05) is 36.0 Å². The third kappa shape index (κ3) is 6.62. The molecule has 0 bridgehead atoms. The molecule has 0 fully saturated rings. The monoisotopic (exact) mass is 918 g/mol. The Morgan fingerprint density at radius 3 is 1.61 bits per heavy atom. The van der Waals surface area contributed by atoms with E-state index in [0.29, 0.717) is 52.9 Å². The summed E-state index contributed by atoms with van der Waals surface area (Å²) in [6.45, 7) is 14.6. The minimum Gasteiger partial charge on any atom is -0.456 e. The predicted octanol–water partition coefficient (Wildman–Crippen LogP) is 12.9. The van der Waals surface area contributed by atoms with Crippen LogP contribution in [0, 0.1) is 0 Å². The van der Waals surface area contributed by atoms with Crippen LogP contribution in [-0.2, 0) is 18.4 Å². The number of amides is 1. The van der Waals surface area contributed by atoms with Crippen LogP contribution in [-0.4, -0.2) is 67.4 Å². The van der Waals surface area contributed by atoms with E-state index in [-0.39, 0.29) is 32.4 Å². The van der Waals surface area contributed by atoms with E-state index in [1.807, 2.05) is 48.5 Å². The molecule has 2 aliphatic heterocycles. The molecule has 0 radical (unpaired) electrons. The van der Waals surface area contributed by atoms with E-state index >= 15 is 26.3 Å². The van der Waals surface area contributed by atoms with Gasteiger partial charge in [0.2, 0.25) is 0 Å². The lowest BCUT2D eigenvalue weighted by Gasteiger charge is -2.42. The third-order valence-corrected chi connectivity index (χ3v) is 14.7. The van der Waals surface area contributed by atoms with Crippen LogP contribution in [0.1, 0.15) is 117 Å². The van der Waals surface area contributed by atoms with Gasteiger partial charge in [-0.25, -0.2) is 5.01 Å². The van der Waals surface area contributed by atoms with E-state index < -0.39 is 51.5 Å². The first kappa shape index (κ1) is 45.2.